The van der Waals surface area contributed by atoms with Crippen molar-refractivity contribution in [2.75, 3.05) is 31.1 Å². The Morgan fingerprint density at radius 3 is 2.67 bits per heavy atom. The molecular formula is C12H15N5O. The zero-order chi connectivity index (χ0) is 12.5. The largest absolute Gasteiger partial charge is 0.351 e. The Morgan fingerprint density at radius 2 is 1.94 bits per heavy atom. The van der Waals surface area contributed by atoms with Gasteiger partial charge >= 0.3 is 6.03 Å². The number of aromatic amines is 1. The number of H-pyrrole nitrogens is 1. The number of hydrogen-bond acceptors (Lipinski definition) is 3. The second-order valence-electron chi connectivity index (χ2n) is 4.41. The van der Waals surface area contributed by atoms with Crippen LogP contribution in [0, 0.1) is 0 Å². The summed E-state index contributed by atoms with van der Waals surface area (Å²) in [7, 11) is 0. The maximum atomic E-state index is 11.1. The Kier molecular flexibility index (Phi) is 2.55. The first kappa shape index (κ1) is 10.9. The van der Waals surface area contributed by atoms with Crippen molar-refractivity contribution in [2.45, 2.75) is 0 Å². The van der Waals surface area contributed by atoms with Crippen molar-refractivity contribution in [3.63, 3.8) is 0 Å². The summed E-state index contributed by atoms with van der Waals surface area (Å²) in [5, 5.41) is 8.49. The fraction of sp³-hybridized carbons (Fsp3) is 0.333. The van der Waals surface area contributed by atoms with E-state index in [2.05, 4.69) is 21.2 Å². The number of anilines is 1. The third kappa shape index (κ3) is 1.75. The van der Waals surface area contributed by atoms with E-state index in [4.69, 9.17) is 5.73 Å². The third-order valence-corrected chi connectivity index (χ3v) is 3.34. The number of rotatable bonds is 1. The number of urea groups is 1. The molecule has 1 aromatic heterocycles. The van der Waals surface area contributed by atoms with Crippen molar-refractivity contribution in [2.24, 2.45) is 5.73 Å². The number of hydrogen-bond donors (Lipinski definition) is 2. The van der Waals surface area contributed by atoms with Crippen LogP contribution in [-0.4, -0.2) is 47.3 Å². The first-order valence-electron chi connectivity index (χ1n) is 5.98. The number of nitrogens with zero attached hydrogens (tertiary/aromatic N) is 3. The molecule has 1 aromatic carbocycles. The third-order valence-electron chi connectivity index (χ3n) is 3.34. The second kappa shape index (κ2) is 4.21. The highest BCUT2D eigenvalue weighted by Crippen LogP contribution is 2.24. The summed E-state index contributed by atoms with van der Waals surface area (Å²) in [6, 6.07) is 7.69. The normalized spacial score (nSPS) is 16.2. The molecule has 1 saturated heterocycles. The molecule has 0 bridgehead atoms. The highest BCUT2D eigenvalue weighted by atomic mass is 16.2. The smallest absolute Gasteiger partial charge is 0.314 e. The van der Waals surface area contributed by atoms with Gasteiger partial charge in [0.1, 0.15) is 0 Å². The predicted octanol–water partition coefficient (Wildman–Crippen LogP) is 0.764. The summed E-state index contributed by atoms with van der Waals surface area (Å²) in [5.74, 6) is 0.953. The molecule has 0 saturated carbocycles. The van der Waals surface area contributed by atoms with Crippen LogP contribution >= 0.6 is 0 Å². The number of piperazine rings is 1. The van der Waals surface area contributed by atoms with E-state index >= 15 is 0 Å². The average molecular weight is 245 g/mol. The van der Waals surface area contributed by atoms with E-state index in [-0.39, 0.29) is 6.03 Å². The van der Waals surface area contributed by atoms with Gasteiger partial charge < -0.3 is 15.5 Å². The van der Waals surface area contributed by atoms with E-state index < -0.39 is 0 Å². The van der Waals surface area contributed by atoms with Crippen molar-refractivity contribution >= 4 is 22.8 Å². The monoisotopic (exact) mass is 245 g/mol. The highest BCUT2D eigenvalue weighted by Gasteiger charge is 2.21. The van der Waals surface area contributed by atoms with Crippen LogP contribution in [-0.2, 0) is 0 Å². The highest BCUT2D eigenvalue weighted by molar-refractivity contribution is 5.90. The number of primary amides is 1. The quantitative estimate of drug-likeness (QED) is 0.778. The Hall–Kier alpha value is -2.24. The Labute approximate surface area is 104 Å². The van der Waals surface area contributed by atoms with Gasteiger partial charge in [-0.05, 0) is 12.1 Å². The Morgan fingerprint density at radius 1 is 1.22 bits per heavy atom. The molecule has 94 valence electrons. The molecule has 0 radical (unpaired) electrons. The van der Waals surface area contributed by atoms with E-state index in [9.17, 15) is 4.79 Å². The van der Waals surface area contributed by atoms with Crippen molar-refractivity contribution in [3.05, 3.63) is 24.3 Å². The zero-order valence-corrected chi connectivity index (χ0v) is 9.97. The fourth-order valence-electron chi connectivity index (χ4n) is 2.33. The maximum Gasteiger partial charge on any atom is 0.314 e. The molecular weight excluding hydrogens is 230 g/mol. The number of aromatic nitrogens is 2. The molecule has 1 aliphatic heterocycles. The number of nitrogens with two attached hydrogens (primary N) is 1. The molecule has 1 fully saturated rings. The van der Waals surface area contributed by atoms with Gasteiger partial charge in [-0.3, -0.25) is 5.10 Å². The maximum absolute atomic E-state index is 11.1. The summed E-state index contributed by atoms with van der Waals surface area (Å²) in [6.07, 6.45) is 0. The first-order chi connectivity index (χ1) is 8.75. The number of fused-ring (bicyclic) bond motifs is 1. The minimum Gasteiger partial charge on any atom is -0.351 e. The van der Waals surface area contributed by atoms with E-state index in [0.717, 1.165) is 29.8 Å². The first-order valence-corrected chi connectivity index (χ1v) is 5.98. The molecule has 6 nitrogen and oxygen atoms in total. The average Bonchev–Trinajstić information content (AvgIpc) is 2.82. The van der Waals surface area contributed by atoms with E-state index in [1.807, 2.05) is 18.2 Å². The van der Waals surface area contributed by atoms with Crippen LogP contribution < -0.4 is 10.6 Å². The fourth-order valence-corrected chi connectivity index (χ4v) is 2.33. The topological polar surface area (TPSA) is 78.2 Å². The van der Waals surface area contributed by atoms with Crippen LogP contribution in [0.3, 0.4) is 0 Å². The van der Waals surface area contributed by atoms with Crippen molar-refractivity contribution in [3.8, 4) is 0 Å². The number of benzene rings is 1. The molecule has 18 heavy (non-hydrogen) atoms. The van der Waals surface area contributed by atoms with Gasteiger partial charge in [-0.1, -0.05) is 12.1 Å². The minimum atomic E-state index is -0.346. The van der Waals surface area contributed by atoms with E-state index in [0.29, 0.717) is 13.1 Å². The van der Waals surface area contributed by atoms with Gasteiger partial charge in [0.15, 0.2) is 5.82 Å². The van der Waals surface area contributed by atoms with Crippen molar-refractivity contribution in [1.29, 1.82) is 0 Å². The van der Waals surface area contributed by atoms with Gasteiger partial charge in [0, 0.05) is 31.6 Å². The van der Waals surface area contributed by atoms with Gasteiger partial charge in [0.05, 0.1) is 5.52 Å². The van der Waals surface area contributed by atoms with Crippen molar-refractivity contribution < 1.29 is 4.79 Å². The Balaban J connectivity index is 1.82. The van der Waals surface area contributed by atoms with Gasteiger partial charge in [-0.15, -0.1) is 0 Å². The predicted molar refractivity (Wildman–Crippen MR) is 69.5 cm³/mol. The number of carbonyl (C=O) groups is 1. The number of para-hydroxylation sites is 1. The molecule has 6 heteroatoms. The lowest BCUT2D eigenvalue weighted by Gasteiger charge is -2.33. The second-order valence-corrected chi connectivity index (χ2v) is 4.41. The van der Waals surface area contributed by atoms with Crippen LogP contribution in [0.5, 0.6) is 0 Å². The van der Waals surface area contributed by atoms with Crippen LogP contribution in [0.2, 0.25) is 0 Å². The molecule has 2 aromatic rings. The van der Waals surface area contributed by atoms with Crippen LogP contribution in [0.4, 0.5) is 10.6 Å². The minimum absolute atomic E-state index is 0.346. The molecule has 3 rings (SSSR count). The molecule has 0 aliphatic carbocycles. The SMILES string of the molecule is NC(=O)N1CCN(c2n[nH]c3ccccc23)CC1. The summed E-state index contributed by atoms with van der Waals surface area (Å²) < 4.78 is 0. The van der Waals surface area contributed by atoms with E-state index in [1.54, 1.807) is 4.90 Å². The summed E-state index contributed by atoms with van der Waals surface area (Å²) in [6.45, 7) is 2.82. The molecule has 0 atom stereocenters. The molecule has 1 aliphatic rings. The summed E-state index contributed by atoms with van der Waals surface area (Å²) in [5.41, 5.74) is 6.30. The van der Waals surface area contributed by atoms with Crippen LogP contribution in [0.25, 0.3) is 10.9 Å². The van der Waals surface area contributed by atoms with Gasteiger partial charge in [0.2, 0.25) is 0 Å². The van der Waals surface area contributed by atoms with Gasteiger partial charge in [-0.25, -0.2) is 4.79 Å². The lowest BCUT2D eigenvalue weighted by Crippen LogP contribution is -2.50. The van der Waals surface area contributed by atoms with Crippen LogP contribution in [0.15, 0.2) is 24.3 Å². The number of nitrogens with one attached hydrogen (secondary N) is 1. The van der Waals surface area contributed by atoms with Gasteiger partial charge in [0.25, 0.3) is 0 Å². The lowest BCUT2D eigenvalue weighted by molar-refractivity contribution is 0.204. The molecule has 2 amide bonds. The zero-order valence-electron chi connectivity index (χ0n) is 9.97. The standard InChI is InChI=1S/C12H15N5O/c13-12(18)17-7-5-16(6-8-17)11-9-3-1-2-4-10(9)14-15-11/h1-4H,5-8H2,(H2,13,18)(H,14,15). The molecule has 0 unspecified atom stereocenters. The number of carbonyl (C=O) groups excluding carboxylic acids is 1. The molecule has 3 N–H and O–H groups in total. The van der Waals surface area contributed by atoms with Gasteiger partial charge in [-0.2, -0.15) is 5.10 Å². The summed E-state index contributed by atoms with van der Waals surface area (Å²) in [4.78, 5) is 14.9. The van der Waals surface area contributed by atoms with Crippen LogP contribution in [0.1, 0.15) is 0 Å². The molecule has 0 spiro atoms. The summed E-state index contributed by atoms with van der Waals surface area (Å²) >= 11 is 0. The molecule has 2 heterocycles. The lowest BCUT2D eigenvalue weighted by atomic mass is 10.2. The number of amides is 2. The Bertz CT molecular complexity index is 571. The van der Waals surface area contributed by atoms with Crippen molar-refractivity contribution in [1.82, 2.24) is 15.1 Å². The van der Waals surface area contributed by atoms with E-state index in [1.165, 1.54) is 0 Å².